The van der Waals surface area contributed by atoms with Crippen LogP contribution in [0, 0.1) is 6.92 Å². The van der Waals surface area contributed by atoms with Gasteiger partial charge in [-0.05, 0) is 56.4 Å². The van der Waals surface area contributed by atoms with E-state index in [0.717, 1.165) is 13.1 Å². The minimum atomic E-state index is -0.767. The zero-order valence-corrected chi connectivity index (χ0v) is 17.8. The fraction of sp³-hybridized carbons (Fsp3) is 0.391. The molecule has 0 radical (unpaired) electrons. The molecule has 1 fully saturated rings. The fourth-order valence-corrected chi connectivity index (χ4v) is 3.70. The summed E-state index contributed by atoms with van der Waals surface area (Å²) in [7, 11) is 1.55. The van der Waals surface area contributed by atoms with Crippen molar-refractivity contribution >= 4 is 17.4 Å². The topological polar surface area (TPSA) is 83.2 Å². The van der Waals surface area contributed by atoms with Gasteiger partial charge >= 0.3 is 0 Å². The number of hydrogen-bond acceptors (Lipinski definition) is 6. The van der Waals surface area contributed by atoms with E-state index in [0.29, 0.717) is 35.9 Å². The van der Waals surface area contributed by atoms with E-state index < -0.39 is 17.7 Å². The monoisotopic (exact) mass is 412 g/mol. The van der Waals surface area contributed by atoms with Crippen LogP contribution in [0.25, 0.3) is 5.76 Å². The van der Waals surface area contributed by atoms with Crippen LogP contribution < -0.4 is 4.74 Å². The number of amides is 1. The highest BCUT2D eigenvalue weighted by molar-refractivity contribution is 6.46. The molecule has 0 spiro atoms. The van der Waals surface area contributed by atoms with Gasteiger partial charge in [-0.2, -0.15) is 0 Å². The Kier molecular flexibility index (Phi) is 6.62. The van der Waals surface area contributed by atoms with Crippen LogP contribution in [0.3, 0.4) is 0 Å². The third kappa shape index (κ3) is 4.11. The third-order valence-electron chi connectivity index (χ3n) is 5.49. The van der Waals surface area contributed by atoms with Gasteiger partial charge in [0.25, 0.3) is 11.7 Å². The molecule has 7 nitrogen and oxygen atoms in total. The minimum absolute atomic E-state index is 0.0408. The lowest BCUT2D eigenvalue weighted by molar-refractivity contribution is -0.140. The highest BCUT2D eigenvalue weighted by Gasteiger charge is 2.47. The normalized spacial score (nSPS) is 18.4. The number of carbonyl (C=O) groups is 2. The maximum absolute atomic E-state index is 12.9. The summed E-state index contributed by atoms with van der Waals surface area (Å²) in [4.78, 5) is 29.5. The van der Waals surface area contributed by atoms with Crippen molar-refractivity contribution in [3.05, 3.63) is 59.1 Å². The number of aliphatic hydroxyl groups is 1. The van der Waals surface area contributed by atoms with Gasteiger partial charge in [-0.15, -0.1) is 0 Å². The van der Waals surface area contributed by atoms with Crippen LogP contribution >= 0.6 is 0 Å². The summed E-state index contributed by atoms with van der Waals surface area (Å²) in [5.41, 5.74) is 0.477. The number of rotatable bonds is 8. The molecule has 1 aliphatic rings. The Bertz CT molecular complexity index is 941. The number of furan rings is 1. The molecule has 1 atom stereocenters. The maximum atomic E-state index is 12.9. The van der Waals surface area contributed by atoms with Crippen molar-refractivity contribution in [2.24, 2.45) is 0 Å². The first-order valence-electron chi connectivity index (χ1n) is 10.1. The Morgan fingerprint density at radius 3 is 2.33 bits per heavy atom. The van der Waals surface area contributed by atoms with E-state index in [-0.39, 0.29) is 11.3 Å². The molecule has 160 valence electrons. The number of methoxy groups -OCH3 is 1. The average molecular weight is 412 g/mol. The molecule has 1 unspecified atom stereocenters. The lowest BCUT2D eigenvalue weighted by Gasteiger charge is -2.26. The predicted octanol–water partition coefficient (Wildman–Crippen LogP) is 3.36. The van der Waals surface area contributed by atoms with E-state index >= 15 is 0 Å². The summed E-state index contributed by atoms with van der Waals surface area (Å²) in [6.45, 7) is 8.57. The molecule has 0 aliphatic carbocycles. The Hall–Kier alpha value is -3.06. The zero-order valence-electron chi connectivity index (χ0n) is 17.8. The van der Waals surface area contributed by atoms with Crippen molar-refractivity contribution in [1.29, 1.82) is 0 Å². The summed E-state index contributed by atoms with van der Waals surface area (Å²) < 4.78 is 10.9. The highest BCUT2D eigenvalue weighted by atomic mass is 16.5. The lowest BCUT2D eigenvalue weighted by Crippen LogP contribution is -2.37. The molecule has 0 saturated carbocycles. The smallest absolute Gasteiger partial charge is 0.295 e. The Balaban J connectivity index is 2.05. The molecular weight excluding hydrogens is 384 g/mol. The predicted molar refractivity (Wildman–Crippen MR) is 113 cm³/mol. The molecule has 7 heteroatoms. The van der Waals surface area contributed by atoms with E-state index in [2.05, 4.69) is 18.7 Å². The molecule has 30 heavy (non-hydrogen) atoms. The van der Waals surface area contributed by atoms with Crippen LogP contribution in [0.15, 0.2) is 46.4 Å². The van der Waals surface area contributed by atoms with Crippen LogP contribution in [0.1, 0.15) is 37.0 Å². The summed E-state index contributed by atoms with van der Waals surface area (Å²) in [5, 5.41) is 11.0. The number of nitrogens with zero attached hydrogens (tertiary/aromatic N) is 2. The van der Waals surface area contributed by atoms with Crippen molar-refractivity contribution in [2.45, 2.75) is 26.8 Å². The molecule has 1 saturated heterocycles. The summed E-state index contributed by atoms with van der Waals surface area (Å²) >= 11 is 0. The van der Waals surface area contributed by atoms with Crippen LogP contribution in [0.2, 0.25) is 0 Å². The number of ether oxygens (including phenoxy) is 1. The second-order valence-electron chi connectivity index (χ2n) is 7.20. The van der Waals surface area contributed by atoms with Crippen LogP contribution in [0.4, 0.5) is 0 Å². The number of aliphatic hydroxyl groups excluding tert-OH is 1. The van der Waals surface area contributed by atoms with Gasteiger partial charge in [0.1, 0.15) is 29.1 Å². The largest absolute Gasteiger partial charge is 0.507 e. The molecule has 0 bridgehead atoms. The molecule has 1 aromatic carbocycles. The lowest BCUT2D eigenvalue weighted by atomic mass is 9.99. The van der Waals surface area contributed by atoms with Gasteiger partial charge in [0.2, 0.25) is 0 Å². The van der Waals surface area contributed by atoms with Gasteiger partial charge in [-0.3, -0.25) is 9.59 Å². The van der Waals surface area contributed by atoms with Gasteiger partial charge < -0.3 is 24.1 Å². The molecule has 3 rings (SSSR count). The Morgan fingerprint density at radius 1 is 1.13 bits per heavy atom. The number of carbonyl (C=O) groups excluding carboxylic acids is 2. The average Bonchev–Trinajstić information content (AvgIpc) is 3.30. The number of likely N-dealkylation sites (tertiary alicyclic amines) is 1. The number of ketones is 1. The number of hydrogen-bond donors (Lipinski definition) is 1. The Labute approximate surface area is 176 Å². The van der Waals surface area contributed by atoms with E-state index in [9.17, 15) is 14.7 Å². The fourth-order valence-electron chi connectivity index (χ4n) is 3.70. The summed E-state index contributed by atoms with van der Waals surface area (Å²) in [6, 6.07) is 9.46. The molecule has 2 aromatic rings. The van der Waals surface area contributed by atoms with E-state index in [1.165, 1.54) is 4.90 Å². The standard InChI is InChI=1S/C23H28N2O5/c1-5-24(6-2)13-14-25-20(18-12-7-15(3)30-18)19(22(27)23(25)28)21(26)16-8-10-17(29-4)11-9-16/h7-12,20,26H,5-6,13-14H2,1-4H3. The van der Waals surface area contributed by atoms with Gasteiger partial charge in [0.15, 0.2) is 0 Å². The van der Waals surface area contributed by atoms with Gasteiger partial charge in [-0.25, -0.2) is 0 Å². The molecule has 1 N–H and O–H groups in total. The second kappa shape index (κ2) is 9.17. The van der Waals surface area contributed by atoms with Crippen molar-refractivity contribution < 1.29 is 23.8 Å². The van der Waals surface area contributed by atoms with Crippen molar-refractivity contribution in [3.8, 4) is 5.75 Å². The SMILES string of the molecule is CCN(CC)CCN1C(=O)C(=O)C(=C(O)c2ccc(OC)cc2)C1c1ccc(C)o1. The third-order valence-corrected chi connectivity index (χ3v) is 5.49. The Morgan fingerprint density at radius 2 is 1.80 bits per heavy atom. The van der Waals surface area contributed by atoms with E-state index in [4.69, 9.17) is 9.15 Å². The van der Waals surface area contributed by atoms with Crippen LogP contribution in [-0.2, 0) is 9.59 Å². The van der Waals surface area contributed by atoms with E-state index in [1.54, 1.807) is 50.4 Å². The maximum Gasteiger partial charge on any atom is 0.295 e. The van der Waals surface area contributed by atoms with E-state index in [1.807, 2.05) is 0 Å². The molecule has 1 aromatic heterocycles. The zero-order chi connectivity index (χ0) is 21.8. The van der Waals surface area contributed by atoms with Crippen LogP contribution in [0.5, 0.6) is 5.75 Å². The van der Waals surface area contributed by atoms with Crippen molar-refractivity contribution in [2.75, 3.05) is 33.3 Å². The number of likely N-dealkylation sites (N-methyl/N-ethyl adjacent to an activating group) is 1. The van der Waals surface area contributed by atoms with Crippen molar-refractivity contribution in [3.63, 3.8) is 0 Å². The molecule has 1 aliphatic heterocycles. The van der Waals surface area contributed by atoms with Gasteiger partial charge in [-0.1, -0.05) is 13.8 Å². The number of Topliss-reactive ketones (excluding diaryl/α,β-unsaturated/α-hetero) is 1. The number of benzene rings is 1. The second-order valence-corrected chi connectivity index (χ2v) is 7.20. The van der Waals surface area contributed by atoms with Crippen molar-refractivity contribution in [1.82, 2.24) is 9.80 Å². The molecule has 1 amide bonds. The molecular formula is C23H28N2O5. The highest BCUT2D eigenvalue weighted by Crippen LogP contribution is 2.40. The summed E-state index contributed by atoms with van der Waals surface area (Å²) in [5.74, 6) is 0.202. The first-order chi connectivity index (χ1) is 14.4. The number of aryl methyl sites for hydroxylation is 1. The van der Waals surface area contributed by atoms with Crippen LogP contribution in [-0.4, -0.2) is 59.9 Å². The molecule has 2 heterocycles. The minimum Gasteiger partial charge on any atom is -0.507 e. The van der Waals surface area contributed by atoms with Gasteiger partial charge in [0, 0.05) is 18.7 Å². The first kappa shape index (κ1) is 21.6. The first-order valence-corrected chi connectivity index (χ1v) is 10.1. The quantitative estimate of drug-likeness (QED) is 0.407. The summed E-state index contributed by atoms with van der Waals surface area (Å²) in [6.07, 6.45) is 0. The van der Waals surface area contributed by atoms with Gasteiger partial charge in [0.05, 0.1) is 12.7 Å².